The van der Waals surface area contributed by atoms with Crippen molar-refractivity contribution in [3.8, 4) is 11.5 Å². The lowest BCUT2D eigenvalue weighted by Crippen LogP contribution is -2.43. The summed E-state index contributed by atoms with van der Waals surface area (Å²) in [6.45, 7) is 11.6. The van der Waals surface area contributed by atoms with E-state index in [9.17, 15) is 4.79 Å². The van der Waals surface area contributed by atoms with E-state index in [2.05, 4.69) is 55.1 Å². The molecule has 0 atom stereocenters. The topological polar surface area (TPSA) is 54.0 Å². The van der Waals surface area contributed by atoms with Gasteiger partial charge < -0.3 is 19.7 Å². The van der Waals surface area contributed by atoms with Crippen LogP contribution < -0.4 is 14.8 Å². The summed E-state index contributed by atoms with van der Waals surface area (Å²) in [6.07, 6.45) is 0. The molecule has 1 aliphatic rings. The zero-order valence-electron chi connectivity index (χ0n) is 19.4. The lowest BCUT2D eigenvalue weighted by Gasteiger charge is -2.32. The summed E-state index contributed by atoms with van der Waals surface area (Å²) in [4.78, 5) is 17.2. The number of anilines is 1. The first kappa shape index (κ1) is 23.1. The smallest absolute Gasteiger partial charge is 0.262 e. The van der Waals surface area contributed by atoms with Gasteiger partial charge in [-0.05, 0) is 48.4 Å². The monoisotopic (exact) mass is 425 g/mol. The molecule has 3 rings (SSSR count). The van der Waals surface area contributed by atoms with E-state index in [1.807, 2.05) is 30.3 Å². The summed E-state index contributed by atoms with van der Waals surface area (Å²) >= 11 is 0. The molecule has 1 amide bonds. The predicted octanol–water partition coefficient (Wildman–Crippen LogP) is 3.76. The van der Waals surface area contributed by atoms with Gasteiger partial charge in [-0.2, -0.15) is 0 Å². The van der Waals surface area contributed by atoms with E-state index in [1.165, 1.54) is 5.56 Å². The van der Waals surface area contributed by atoms with Crippen molar-refractivity contribution in [3.63, 3.8) is 0 Å². The third-order valence-corrected chi connectivity index (χ3v) is 5.59. The molecule has 31 heavy (non-hydrogen) atoms. The Morgan fingerprint density at radius 2 is 1.71 bits per heavy atom. The van der Waals surface area contributed by atoms with Crippen molar-refractivity contribution < 1.29 is 14.3 Å². The normalized spacial score (nSPS) is 15.5. The molecule has 1 heterocycles. The Labute approximate surface area is 186 Å². The number of likely N-dealkylation sites (N-methyl/N-ethyl adjacent to an activating group) is 1. The van der Waals surface area contributed by atoms with Gasteiger partial charge in [0.25, 0.3) is 5.91 Å². The number of piperazine rings is 1. The van der Waals surface area contributed by atoms with Crippen LogP contribution in [-0.4, -0.2) is 62.7 Å². The van der Waals surface area contributed by atoms with E-state index in [1.54, 1.807) is 7.11 Å². The minimum Gasteiger partial charge on any atom is -0.497 e. The van der Waals surface area contributed by atoms with Crippen LogP contribution >= 0.6 is 0 Å². The summed E-state index contributed by atoms with van der Waals surface area (Å²) in [5, 5.41) is 2.92. The molecule has 0 aliphatic carbocycles. The van der Waals surface area contributed by atoms with Gasteiger partial charge in [0.15, 0.2) is 6.61 Å². The quantitative estimate of drug-likeness (QED) is 0.732. The number of ether oxygens (including phenoxy) is 2. The van der Waals surface area contributed by atoms with Crippen molar-refractivity contribution in [1.82, 2.24) is 9.80 Å². The van der Waals surface area contributed by atoms with E-state index in [0.29, 0.717) is 5.75 Å². The van der Waals surface area contributed by atoms with Gasteiger partial charge >= 0.3 is 0 Å². The SMILES string of the molecule is COc1ccc(OCC(=O)Nc2ccc(CN3CCN(C)CC3)cc2)c(C(C)(C)C)c1. The van der Waals surface area contributed by atoms with E-state index in [4.69, 9.17) is 9.47 Å². The second-order valence-corrected chi connectivity index (χ2v) is 9.23. The molecule has 0 radical (unpaired) electrons. The van der Waals surface area contributed by atoms with Crippen LogP contribution in [0.1, 0.15) is 31.9 Å². The molecule has 1 aliphatic heterocycles. The van der Waals surface area contributed by atoms with Crippen molar-refractivity contribution in [2.45, 2.75) is 32.7 Å². The average Bonchev–Trinajstić information content (AvgIpc) is 2.74. The largest absolute Gasteiger partial charge is 0.497 e. The van der Waals surface area contributed by atoms with Crippen LogP contribution in [0, 0.1) is 0 Å². The predicted molar refractivity (Wildman–Crippen MR) is 125 cm³/mol. The molecule has 1 N–H and O–H groups in total. The van der Waals surface area contributed by atoms with Crippen LogP contribution in [-0.2, 0) is 16.8 Å². The van der Waals surface area contributed by atoms with E-state index >= 15 is 0 Å². The minimum absolute atomic E-state index is 0.0432. The standard InChI is InChI=1S/C25H35N3O3/c1-25(2,3)22-16-21(30-5)10-11-23(22)31-18-24(29)26-20-8-6-19(7-9-20)17-28-14-12-27(4)13-15-28/h6-11,16H,12-15,17-18H2,1-5H3,(H,26,29). The number of carbonyl (C=O) groups is 1. The van der Waals surface area contributed by atoms with Crippen molar-refractivity contribution in [2.24, 2.45) is 0 Å². The molecule has 0 bridgehead atoms. The third-order valence-electron chi connectivity index (χ3n) is 5.59. The van der Waals surface area contributed by atoms with Gasteiger partial charge in [-0.3, -0.25) is 9.69 Å². The highest BCUT2D eigenvalue weighted by Gasteiger charge is 2.20. The van der Waals surface area contributed by atoms with Crippen LogP contribution in [0.25, 0.3) is 0 Å². The van der Waals surface area contributed by atoms with Gasteiger partial charge in [-0.1, -0.05) is 32.9 Å². The summed E-state index contributed by atoms with van der Waals surface area (Å²) in [6, 6.07) is 13.7. The molecule has 168 valence electrons. The fourth-order valence-electron chi connectivity index (χ4n) is 3.65. The van der Waals surface area contributed by atoms with Gasteiger partial charge in [0, 0.05) is 44.0 Å². The second-order valence-electron chi connectivity index (χ2n) is 9.23. The lowest BCUT2D eigenvalue weighted by molar-refractivity contribution is -0.118. The molecule has 2 aromatic carbocycles. The summed E-state index contributed by atoms with van der Waals surface area (Å²) in [5.74, 6) is 1.30. The molecular formula is C25H35N3O3. The maximum absolute atomic E-state index is 12.4. The molecular weight excluding hydrogens is 390 g/mol. The molecule has 1 fully saturated rings. The number of amides is 1. The highest BCUT2D eigenvalue weighted by molar-refractivity contribution is 5.91. The van der Waals surface area contributed by atoms with Gasteiger partial charge in [0.05, 0.1) is 7.11 Å². The van der Waals surface area contributed by atoms with E-state index in [-0.39, 0.29) is 17.9 Å². The van der Waals surface area contributed by atoms with Crippen molar-refractivity contribution >= 4 is 11.6 Å². The zero-order chi connectivity index (χ0) is 22.4. The van der Waals surface area contributed by atoms with Crippen LogP contribution in [0.3, 0.4) is 0 Å². The first-order valence-electron chi connectivity index (χ1n) is 10.9. The molecule has 0 saturated carbocycles. The highest BCUT2D eigenvalue weighted by atomic mass is 16.5. The number of benzene rings is 2. The van der Waals surface area contributed by atoms with Gasteiger partial charge in [-0.25, -0.2) is 0 Å². The fraction of sp³-hybridized carbons (Fsp3) is 0.480. The molecule has 2 aromatic rings. The number of rotatable bonds is 7. The number of carbonyl (C=O) groups excluding carboxylic acids is 1. The molecule has 0 spiro atoms. The maximum atomic E-state index is 12.4. The molecule has 0 unspecified atom stereocenters. The summed E-state index contributed by atoms with van der Waals surface area (Å²) in [5.41, 5.74) is 2.92. The summed E-state index contributed by atoms with van der Waals surface area (Å²) in [7, 11) is 3.81. The number of nitrogens with one attached hydrogen (secondary N) is 1. The zero-order valence-corrected chi connectivity index (χ0v) is 19.4. The van der Waals surface area contributed by atoms with E-state index < -0.39 is 0 Å². The van der Waals surface area contributed by atoms with Crippen LogP contribution in [0.15, 0.2) is 42.5 Å². The average molecular weight is 426 g/mol. The van der Waals surface area contributed by atoms with Gasteiger partial charge in [-0.15, -0.1) is 0 Å². The number of nitrogens with zero attached hydrogens (tertiary/aromatic N) is 2. The minimum atomic E-state index is -0.178. The van der Waals surface area contributed by atoms with Crippen molar-refractivity contribution in [1.29, 1.82) is 0 Å². The lowest BCUT2D eigenvalue weighted by atomic mass is 9.86. The van der Waals surface area contributed by atoms with Gasteiger partial charge in [0.2, 0.25) is 0 Å². The Hall–Kier alpha value is -2.57. The van der Waals surface area contributed by atoms with E-state index in [0.717, 1.165) is 49.7 Å². The Morgan fingerprint density at radius 3 is 2.32 bits per heavy atom. The maximum Gasteiger partial charge on any atom is 0.262 e. The second kappa shape index (κ2) is 10.2. The Kier molecular flexibility index (Phi) is 7.57. The Balaban J connectivity index is 1.53. The van der Waals surface area contributed by atoms with Crippen molar-refractivity contribution in [2.75, 3.05) is 52.3 Å². The first-order chi connectivity index (χ1) is 14.7. The molecule has 0 aromatic heterocycles. The first-order valence-corrected chi connectivity index (χ1v) is 10.9. The molecule has 6 nitrogen and oxygen atoms in total. The van der Waals surface area contributed by atoms with Gasteiger partial charge in [0.1, 0.15) is 11.5 Å². The van der Waals surface area contributed by atoms with Crippen LogP contribution in [0.2, 0.25) is 0 Å². The summed E-state index contributed by atoms with van der Waals surface area (Å²) < 4.78 is 11.2. The van der Waals surface area contributed by atoms with Crippen LogP contribution in [0.4, 0.5) is 5.69 Å². The van der Waals surface area contributed by atoms with Crippen LogP contribution in [0.5, 0.6) is 11.5 Å². The fourth-order valence-corrected chi connectivity index (χ4v) is 3.65. The Morgan fingerprint density at radius 1 is 1.03 bits per heavy atom. The highest BCUT2D eigenvalue weighted by Crippen LogP contribution is 2.34. The third kappa shape index (κ3) is 6.71. The van der Waals surface area contributed by atoms with Crippen molar-refractivity contribution in [3.05, 3.63) is 53.6 Å². The number of hydrogen-bond donors (Lipinski definition) is 1. The molecule has 1 saturated heterocycles. The number of methoxy groups -OCH3 is 1. The Bertz CT molecular complexity index is 867. The molecule has 6 heteroatoms. The number of hydrogen-bond acceptors (Lipinski definition) is 5.